The second kappa shape index (κ2) is 20.3. The number of anilines is 8. The molecule has 352 valence electrons. The Hall–Kier alpha value is -9.18. The SMILES string of the molecule is C=C(/C=C\C(=C/C)N(c1ccc(C)cc1)c1ccc(-c2ccccc2)cc1)C1(c2ccc(N(c3ccc(C)cc3)c3ccc(-c4ccccc4)cc3)cc2)c2ccccc2N(c2ccccc2)c2ccccc21. The first-order valence-corrected chi connectivity index (χ1v) is 25.1. The van der Waals surface area contributed by atoms with Gasteiger partial charge in [0.1, 0.15) is 0 Å². The maximum atomic E-state index is 5.12. The molecule has 0 fully saturated rings. The first-order valence-electron chi connectivity index (χ1n) is 25.1. The van der Waals surface area contributed by atoms with Gasteiger partial charge in [-0.1, -0.05) is 206 Å². The zero-order valence-electron chi connectivity index (χ0n) is 41.6. The predicted molar refractivity (Wildman–Crippen MR) is 310 cm³/mol. The molecule has 3 nitrogen and oxygen atoms in total. The van der Waals surface area contributed by atoms with Crippen molar-refractivity contribution in [1.82, 2.24) is 0 Å². The van der Waals surface area contributed by atoms with E-state index in [4.69, 9.17) is 6.58 Å². The molecule has 1 heterocycles. The summed E-state index contributed by atoms with van der Waals surface area (Å²) >= 11 is 0. The van der Waals surface area contributed by atoms with Crippen molar-refractivity contribution in [3.63, 3.8) is 0 Å². The molecule has 0 spiro atoms. The Morgan fingerprint density at radius 2 is 0.767 bits per heavy atom. The average molecular weight is 940 g/mol. The number of aryl methyl sites for hydroxylation is 2. The van der Waals surface area contributed by atoms with Gasteiger partial charge < -0.3 is 14.7 Å². The minimum Gasteiger partial charge on any atom is -0.311 e. The molecular weight excluding hydrogens is 883 g/mol. The fourth-order valence-corrected chi connectivity index (χ4v) is 10.6. The van der Waals surface area contributed by atoms with Gasteiger partial charge in [-0.2, -0.15) is 0 Å². The molecule has 0 unspecified atom stereocenters. The molecule has 73 heavy (non-hydrogen) atoms. The summed E-state index contributed by atoms with van der Waals surface area (Å²) in [4.78, 5) is 7.09. The minimum absolute atomic E-state index is 0.801. The van der Waals surface area contributed by atoms with E-state index in [-0.39, 0.29) is 0 Å². The van der Waals surface area contributed by atoms with Crippen LogP contribution in [-0.2, 0) is 5.41 Å². The lowest BCUT2D eigenvalue weighted by atomic mass is 9.62. The van der Waals surface area contributed by atoms with E-state index in [2.05, 4.69) is 315 Å². The van der Waals surface area contributed by atoms with E-state index in [9.17, 15) is 0 Å². The number of hydrogen-bond donors (Lipinski definition) is 0. The number of hydrogen-bond acceptors (Lipinski definition) is 3. The quantitative estimate of drug-likeness (QED) is 0.107. The minimum atomic E-state index is -0.801. The highest BCUT2D eigenvalue weighted by Crippen LogP contribution is 2.58. The van der Waals surface area contributed by atoms with Crippen molar-refractivity contribution in [3.05, 3.63) is 325 Å². The fourth-order valence-electron chi connectivity index (χ4n) is 10.6. The van der Waals surface area contributed by atoms with Crippen LogP contribution >= 0.6 is 0 Å². The predicted octanol–water partition coefficient (Wildman–Crippen LogP) is 19.1. The normalized spacial score (nSPS) is 12.8. The van der Waals surface area contributed by atoms with Crippen LogP contribution in [0.1, 0.15) is 34.7 Å². The van der Waals surface area contributed by atoms with Gasteiger partial charge in [-0.3, -0.25) is 0 Å². The molecular formula is C70H57N3. The molecule has 0 aliphatic carbocycles. The third-order valence-corrected chi connectivity index (χ3v) is 14.2. The fraction of sp³-hybridized carbons (Fsp3) is 0.0571. The van der Waals surface area contributed by atoms with Crippen molar-refractivity contribution in [1.29, 1.82) is 0 Å². The molecule has 10 aromatic carbocycles. The number of fused-ring (bicyclic) bond motifs is 2. The zero-order valence-corrected chi connectivity index (χ0v) is 41.6. The Balaban J connectivity index is 1.06. The van der Waals surface area contributed by atoms with Gasteiger partial charge in [0, 0.05) is 39.8 Å². The van der Waals surface area contributed by atoms with Gasteiger partial charge in [-0.05, 0) is 156 Å². The summed E-state index contributed by atoms with van der Waals surface area (Å²) in [6.07, 6.45) is 6.69. The van der Waals surface area contributed by atoms with Crippen molar-refractivity contribution in [2.45, 2.75) is 26.2 Å². The molecule has 1 aliphatic heterocycles. The lowest BCUT2D eigenvalue weighted by Gasteiger charge is -2.46. The Morgan fingerprint density at radius 3 is 1.23 bits per heavy atom. The van der Waals surface area contributed by atoms with Gasteiger partial charge >= 0.3 is 0 Å². The molecule has 0 saturated carbocycles. The van der Waals surface area contributed by atoms with Crippen molar-refractivity contribution in [2.24, 2.45) is 0 Å². The van der Waals surface area contributed by atoms with Gasteiger partial charge in [0.2, 0.25) is 0 Å². The molecule has 0 aromatic heterocycles. The molecule has 0 radical (unpaired) electrons. The summed E-state index contributed by atoms with van der Waals surface area (Å²) in [5, 5.41) is 0. The Labute approximate surface area is 431 Å². The van der Waals surface area contributed by atoms with Crippen LogP contribution in [0.5, 0.6) is 0 Å². The topological polar surface area (TPSA) is 9.72 Å². The Kier molecular flexibility index (Phi) is 12.8. The number of benzene rings is 10. The van der Waals surface area contributed by atoms with E-state index < -0.39 is 5.41 Å². The summed E-state index contributed by atoms with van der Waals surface area (Å²) in [5.74, 6) is 0. The van der Waals surface area contributed by atoms with E-state index in [0.29, 0.717) is 0 Å². The highest BCUT2D eigenvalue weighted by Gasteiger charge is 2.46. The van der Waals surface area contributed by atoms with E-state index >= 15 is 0 Å². The summed E-state index contributed by atoms with van der Waals surface area (Å²) in [6, 6.07) is 94.2. The largest absolute Gasteiger partial charge is 0.311 e. The van der Waals surface area contributed by atoms with Crippen molar-refractivity contribution < 1.29 is 0 Å². The summed E-state index contributed by atoms with van der Waals surface area (Å²) in [5.41, 5.74) is 20.5. The van der Waals surface area contributed by atoms with E-state index in [1.165, 1.54) is 33.4 Å². The second-order valence-corrected chi connectivity index (χ2v) is 18.7. The number of para-hydroxylation sites is 3. The summed E-state index contributed by atoms with van der Waals surface area (Å²) in [6.45, 7) is 11.5. The Bertz CT molecular complexity index is 3510. The van der Waals surface area contributed by atoms with Crippen molar-refractivity contribution >= 4 is 45.5 Å². The van der Waals surface area contributed by atoms with E-state index in [1.54, 1.807) is 0 Å². The van der Waals surface area contributed by atoms with Crippen LogP contribution in [0.15, 0.2) is 297 Å². The maximum Gasteiger partial charge on any atom is 0.0736 e. The Morgan fingerprint density at radius 1 is 0.397 bits per heavy atom. The van der Waals surface area contributed by atoms with Gasteiger partial charge in [0.05, 0.1) is 16.8 Å². The van der Waals surface area contributed by atoms with Crippen LogP contribution in [-0.4, -0.2) is 0 Å². The van der Waals surface area contributed by atoms with Gasteiger partial charge in [0.25, 0.3) is 0 Å². The average Bonchev–Trinajstić information content (AvgIpc) is 3.46. The maximum absolute atomic E-state index is 5.12. The molecule has 3 heteroatoms. The van der Waals surface area contributed by atoms with Crippen LogP contribution < -0.4 is 14.7 Å². The van der Waals surface area contributed by atoms with Crippen LogP contribution in [0.3, 0.4) is 0 Å². The molecule has 1 aliphatic rings. The van der Waals surface area contributed by atoms with E-state index in [1.807, 2.05) is 0 Å². The molecule has 0 N–H and O–H groups in total. The second-order valence-electron chi connectivity index (χ2n) is 18.7. The number of allylic oxidation sites excluding steroid dienone is 4. The first kappa shape index (κ1) is 46.2. The summed E-state index contributed by atoms with van der Waals surface area (Å²) < 4.78 is 0. The zero-order chi connectivity index (χ0) is 49.7. The van der Waals surface area contributed by atoms with E-state index in [0.717, 1.165) is 73.5 Å². The molecule has 0 saturated heterocycles. The molecule has 0 bridgehead atoms. The van der Waals surface area contributed by atoms with Crippen LogP contribution in [0.4, 0.5) is 45.5 Å². The summed E-state index contributed by atoms with van der Waals surface area (Å²) in [7, 11) is 0. The van der Waals surface area contributed by atoms with Gasteiger partial charge in [-0.25, -0.2) is 0 Å². The molecule has 11 rings (SSSR count). The van der Waals surface area contributed by atoms with Crippen molar-refractivity contribution in [2.75, 3.05) is 14.7 Å². The monoisotopic (exact) mass is 939 g/mol. The molecule has 10 aromatic rings. The van der Waals surface area contributed by atoms with Crippen LogP contribution in [0, 0.1) is 13.8 Å². The third-order valence-electron chi connectivity index (χ3n) is 14.2. The standard InChI is InChI=1S/C70H57N3/c1-5-59(71(61-40-29-51(2)30-41-61)63-45-34-56(35-46-63)54-19-9-6-10-20-54)44-33-53(4)70(66-25-15-17-27-68(66)73(60-23-13-8-14-24-60)69-28-18-16-26-67(69)70)58-38-49-65(50-39-58)72(62-42-31-52(3)32-43-62)64-47-36-57(37-48-64)55-21-11-7-12-22-55/h5-50H,4H2,1-3H3/b44-33-,59-5+. The lowest BCUT2D eigenvalue weighted by molar-refractivity contribution is 0.732. The van der Waals surface area contributed by atoms with Crippen LogP contribution in [0.2, 0.25) is 0 Å². The smallest absolute Gasteiger partial charge is 0.0736 e. The van der Waals surface area contributed by atoms with Gasteiger partial charge in [-0.15, -0.1) is 0 Å². The number of nitrogens with zero attached hydrogens (tertiary/aromatic N) is 3. The molecule has 0 amide bonds. The molecule has 0 atom stereocenters. The number of rotatable bonds is 13. The van der Waals surface area contributed by atoms with Crippen LogP contribution in [0.25, 0.3) is 22.3 Å². The highest BCUT2D eigenvalue weighted by molar-refractivity contribution is 5.90. The van der Waals surface area contributed by atoms with Crippen molar-refractivity contribution in [3.8, 4) is 22.3 Å². The first-order chi connectivity index (χ1) is 35.9. The highest BCUT2D eigenvalue weighted by atomic mass is 15.2. The van der Waals surface area contributed by atoms with Gasteiger partial charge in [0.15, 0.2) is 0 Å². The third kappa shape index (κ3) is 8.87. The lowest BCUT2D eigenvalue weighted by Crippen LogP contribution is -2.37.